The van der Waals surface area contributed by atoms with Gasteiger partial charge in [-0.3, -0.25) is 9.98 Å². The van der Waals surface area contributed by atoms with E-state index in [1.807, 2.05) is 40.1 Å². The molecule has 0 unspecified atom stereocenters. The molecule has 0 heterocycles. The second-order valence-corrected chi connectivity index (χ2v) is 2.44. The topological polar surface area (TPSA) is 24.7 Å². The van der Waals surface area contributed by atoms with Gasteiger partial charge >= 0.3 is 0 Å². The van der Waals surface area contributed by atoms with E-state index >= 15 is 0 Å². The monoisotopic (exact) mass is 164 g/mol. The maximum absolute atomic E-state index is 4.02. The molecule has 0 aliphatic rings. The summed E-state index contributed by atoms with van der Waals surface area (Å²) in [5, 5.41) is 0. The van der Waals surface area contributed by atoms with Gasteiger partial charge in [-0.15, -0.1) is 0 Å². The second-order valence-electron chi connectivity index (χ2n) is 2.44. The first-order chi connectivity index (χ1) is 5.72. The van der Waals surface area contributed by atoms with E-state index in [1.54, 1.807) is 12.4 Å². The summed E-state index contributed by atoms with van der Waals surface area (Å²) in [5.41, 5.74) is 2.28. The van der Waals surface area contributed by atoms with Crippen molar-refractivity contribution in [2.45, 2.75) is 27.7 Å². The molecule has 0 aromatic rings. The van der Waals surface area contributed by atoms with Gasteiger partial charge in [-0.25, -0.2) is 0 Å². The van der Waals surface area contributed by atoms with Gasteiger partial charge in [0.05, 0.1) is 0 Å². The van der Waals surface area contributed by atoms with Crippen molar-refractivity contribution in [2.75, 3.05) is 0 Å². The number of allylic oxidation sites excluding steroid dienone is 2. The first-order valence-corrected chi connectivity index (χ1v) is 4.01. The van der Waals surface area contributed by atoms with Crippen molar-refractivity contribution >= 4 is 12.4 Å². The Morgan fingerprint density at radius 3 is 1.42 bits per heavy atom. The lowest BCUT2D eigenvalue weighted by molar-refractivity contribution is 1.28. The van der Waals surface area contributed by atoms with Crippen LogP contribution >= 0.6 is 0 Å². The summed E-state index contributed by atoms with van der Waals surface area (Å²) in [6.07, 6.45) is 7.19. The molecule has 2 heteroatoms. The fourth-order valence-electron chi connectivity index (χ4n) is 0.576. The Morgan fingerprint density at radius 1 is 0.833 bits per heavy atom. The van der Waals surface area contributed by atoms with E-state index in [1.165, 1.54) is 0 Å². The normalized spacial score (nSPS) is 15.0. The van der Waals surface area contributed by atoms with Crippen LogP contribution in [0.1, 0.15) is 27.7 Å². The molecule has 66 valence electrons. The maximum atomic E-state index is 4.02. The van der Waals surface area contributed by atoms with Crippen molar-refractivity contribution in [3.8, 4) is 0 Å². The van der Waals surface area contributed by atoms with Crippen molar-refractivity contribution in [3.63, 3.8) is 0 Å². The lowest BCUT2D eigenvalue weighted by Crippen LogP contribution is -1.77. The molecule has 0 fully saturated rings. The Morgan fingerprint density at radius 2 is 1.17 bits per heavy atom. The van der Waals surface area contributed by atoms with E-state index < -0.39 is 0 Å². The maximum Gasteiger partial charge on any atom is 0.0296 e. The number of hydrogen-bond acceptors (Lipinski definition) is 2. The first-order valence-electron chi connectivity index (χ1n) is 4.01. The Labute approximate surface area is 74.4 Å². The van der Waals surface area contributed by atoms with Crippen LogP contribution in [0.15, 0.2) is 33.5 Å². The Bertz CT molecular complexity index is 206. The molecule has 0 saturated carbocycles. The van der Waals surface area contributed by atoms with E-state index in [2.05, 4.69) is 9.98 Å². The van der Waals surface area contributed by atoms with Gasteiger partial charge in [0.2, 0.25) is 0 Å². The molecule has 12 heavy (non-hydrogen) atoms. The van der Waals surface area contributed by atoms with Gasteiger partial charge in [0.15, 0.2) is 0 Å². The number of hydrogen-bond donors (Lipinski definition) is 0. The first kappa shape index (κ1) is 10.8. The number of rotatable bonds is 3. The second kappa shape index (κ2) is 6.53. The van der Waals surface area contributed by atoms with E-state index in [0.717, 1.165) is 11.1 Å². The van der Waals surface area contributed by atoms with Crippen molar-refractivity contribution < 1.29 is 0 Å². The summed E-state index contributed by atoms with van der Waals surface area (Å²) < 4.78 is 0. The van der Waals surface area contributed by atoms with E-state index in [0.29, 0.717) is 0 Å². The highest BCUT2D eigenvalue weighted by atomic mass is 14.7. The van der Waals surface area contributed by atoms with Gasteiger partial charge in [0.1, 0.15) is 0 Å². The van der Waals surface area contributed by atoms with Gasteiger partial charge in [-0.05, 0) is 38.8 Å². The summed E-state index contributed by atoms with van der Waals surface area (Å²) in [4.78, 5) is 8.04. The minimum atomic E-state index is 1.14. The van der Waals surface area contributed by atoms with Crippen molar-refractivity contribution in [3.05, 3.63) is 23.5 Å². The standard InChI is InChI=1S/C10H16N2/c1-5-11-7-9(3)10(4)8-12-6-2/h5-8H,1-4H3/b9-7+,10-8+,11-5?,12-6?. The summed E-state index contributed by atoms with van der Waals surface area (Å²) >= 11 is 0. The average molecular weight is 164 g/mol. The molecule has 0 amide bonds. The molecule has 2 nitrogen and oxygen atoms in total. The van der Waals surface area contributed by atoms with Crippen LogP contribution in [0.4, 0.5) is 0 Å². The predicted octanol–water partition coefficient (Wildman–Crippen LogP) is 2.98. The molecule has 0 rings (SSSR count). The number of nitrogens with zero attached hydrogens (tertiary/aromatic N) is 2. The lowest BCUT2D eigenvalue weighted by Gasteiger charge is -1.95. The van der Waals surface area contributed by atoms with Crippen LogP contribution in [-0.4, -0.2) is 12.4 Å². The summed E-state index contributed by atoms with van der Waals surface area (Å²) in [5.74, 6) is 0. The third-order valence-electron chi connectivity index (χ3n) is 1.46. The Balaban J connectivity index is 4.36. The quantitative estimate of drug-likeness (QED) is 0.452. The minimum absolute atomic E-state index is 1.14. The summed E-state index contributed by atoms with van der Waals surface area (Å²) in [6.45, 7) is 7.83. The molecule has 0 bridgehead atoms. The number of aliphatic imine (C=N–C) groups is 2. The molecular weight excluding hydrogens is 148 g/mol. The van der Waals surface area contributed by atoms with Gasteiger partial charge in [-0.2, -0.15) is 0 Å². The third kappa shape index (κ3) is 4.61. The molecule has 0 aliphatic heterocycles. The van der Waals surface area contributed by atoms with Gasteiger partial charge in [0.25, 0.3) is 0 Å². The molecule has 0 N–H and O–H groups in total. The average Bonchev–Trinajstić information content (AvgIpc) is 2.10. The Hall–Kier alpha value is -1.18. The highest BCUT2D eigenvalue weighted by Crippen LogP contribution is 2.07. The molecule has 0 saturated heterocycles. The van der Waals surface area contributed by atoms with Crippen LogP contribution in [-0.2, 0) is 0 Å². The van der Waals surface area contributed by atoms with E-state index in [-0.39, 0.29) is 0 Å². The summed E-state index contributed by atoms with van der Waals surface area (Å²) in [6, 6.07) is 0. The highest BCUT2D eigenvalue weighted by Gasteiger charge is 1.89. The van der Waals surface area contributed by atoms with Crippen LogP contribution in [0, 0.1) is 0 Å². The molecule has 0 aliphatic carbocycles. The lowest BCUT2D eigenvalue weighted by atomic mass is 10.2. The van der Waals surface area contributed by atoms with Crippen LogP contribution in [0.25, 0.3) is 0 Å². The Kier molecular flexibility index (Phi) is 5.88. The zero-order valence-corrected chi connectivity index (χ0v) is 8.20. The van der Waals surface area contributed by atoms with E-state index in [4.69, 9.17) is 0 Å². The van der Waals surface area contributed by atoms with Crippen LogP contribution in [0.3, 0.4) is 0 Å². The van der Waals surface area contributed by atoms with E-state index in [9.17, 15) is 0 Å². The third-order valence-corrected chi connectivity index (χ3v) is 1.46. The smallest absolute Gasteiger partial charge is 0.0296 e. The molecule has 0 spiro atoms. The van der Waals surface area contributed by atoms with Crippen LogP contribution in [0.5, 0.6) is 0 Å². The minimum Gasteiger partial charge on any atom is -0.269 e. The predicted molar refractivity (Wildman–Crippen MR) is 55.8 cm³/mol. The molecule has 0 aromatic carbocycles. The largest absolute Gasteiger partial charge is 0.269 e. The van der Waals surface area contributed by atoms with Crippen LogP contribution < -0.4 is 0 Å². The fourth-order valence-corrected chi connectivity index (χ4v) is 0.576. The van der Waals surface area contributed by atoms with Gasteiger partial charge in [0, 0.05) is 24.8 Å². The highest BCUT2D eigenvalue weighted by molar-refractivity contribution is 5.55. The zero-order chi connectivity index (χ0) is 9.40. The molecular formula is C10H16N2. The summed E-state index contributed by atoms with van der Waals surface area (Å²) in [7, 11) is 0. The molecule has 0 atom stereocenters. The van der Waals surface area contributed by atoms with Crippen LogP contribution in [0.2, 0.25) is 0 Å². The van der Waals surface area contributed by atoms with Crippen molar-refractivity contribution in [1.82, 2.24) is 0 Å². The van der Waals surface area contributed by atoms with Crippen molar-refractivity contribution in [2.24, 2.45) is 9.98 Å². The van der Waals surface area contributed by atoms with Gasteiger partial charge in [-0.1, -0.05) is 0 Å². The zero-order valence-electron chi connectivity index (χ0n) is 8.20. The molecule has 0 aromatic heterocycles. The molecule has 0 radical (unpaired) electrons. The SMILES string of the molecule is CC=N/C=C(C)/C(C)=C/N=CC. The van der Waals surface area contributed by atoms with Crippen molar-refractivity contribution in [1.29, 1.82) is 0 Å². The fraction of sp³-hybridized carbons (Fsp3) is 0.400. The van der Waals surface area contributed by atoms with Gasteiger partial charge < -0.3 is 0 Å².